The van der Waals surface area contributed by atoms with E-state index < -0.39 is 11.9 Å². The predicted molar refractivity (Wildman–Crippen MR) is 73.7 cm³/mol. The van der Waals surface area contributed by atoms with Crippen molar-refractivity contribution in [3.05, 3.63) is 42.6 Å². The minimum absolute atomic E-state index is 0.458. The van der Waals surface area contributed by atoms with Crippen molar-refractivity contribution in [2.24, 2.45) is 0 Å². The molecule has 102 valence electrons. The van der Waals surface area contributed by atoms with E-state index in [1.807, 2.05) is 6.07 Å². The summed E-state index contributed by atoms with van der Waals surface area (Å²) in [5, 5.41) is 11.9. The summed E-state index contributed by atoms with van der Waals surface area (Å²) in [6, 6.07) is 7.04. The molecule has 1 aromatic heterocycles. The summed E-state index contributed by atoms with van der Waals surface area (Å²) in [4.78, 5) is 26.2. The fraction of sp³-hybridized carbons (Fsp3) is 0.0714. The Labute approximate surface area is 114 Å². The Morgan fingerprint density at radius 2 is 2.15 bits per heavy atom. The number of carboxylic acids is 1. The largest absolute Gasteiger partial charge is 0.497 e. The van der Waals surface area contributed by atoms with E-state index in [2.05, 4.69) is 10.3 Å². The zero-order chi connectivity index (χ0) is 14.5. The van der Waals surface area contributed by atoms with E-state index in [9.17, 15) is 9.59 Å². The first kappa shape index (κ1) is 13.5. The number of nitrogens with zero attached hydrogens (tertiary/aromatic N) is 1. The molecule has 1 amide bonds. The summed E-state index contributed by atoms with van der Waals surface area (Å²) in [5.74, 6) is -1.16. The first-order valence-electron chi connectivity index (χ1n) is 5.75. The maximum atomic E-state index is 11.6. The van der Waals surface area contributed by atoms with Crippen molar-refractivity contribution in [1.82, 2.24) is 4.98 Å². The number of rotatable bonds is 4. The van der Waals surface area contributed by atoms with Gasteiger partial charge in [-0.15, -0.1) is 0 Å². The third kappa shape index (κ3) is 3.11. The number of hydrogen-bond acceptors (Lipinski definition) is 4. The molecule has 0 unspecified atom stereocenters. The van der Waals surface area contributed by atoms with Crippen molar-refractivity contribution in [1.29, 1.82) is 0 Å². The number of ether oxygens (including phenoxy) is 1. The maximum absolute atomic E-state index is 11.6. The Morgan fingerprint density at radius 3 is 2.85 bits per heavy atom. The molecule has 6 heteroatoms. The lowest BCUT2D eigenvalue weighted by Gasteiger charge is -2.09. The van der Waals surface area contributed by atoms with Gasteiger partial charge in [-0.2, -0.15) is 0 Å². The van der Waals surface area contributed by atoms with E-state index in [1.165, 1.54) is 7.11 Å². The van der Waals surface area contributed by atoms with E-state index >= 15 is 0 Å². The van der Waals surface area contributed by atoms with Crippen molar-refractivity contribution in [3.8, 4) is 5.75 Å². The SMILES string of the molecule is COc1cc(NC(=O)C=CC(=O)O)c2ncccc2c1. The number of anilines is 1. The molecule has 6 nitrogen and oxygen atoms in total. The molecule has 2 aromatic rings. The molecular formula is C14H12N2O4. The molecule has 0 aliphatic carbocycles. The molecule has 0 atom stereocenters. The van der Waals surface area contributed by atoms with Crippen LogP contribution in [0.2, 0.25) is 0 Å². The van der Waals surface area contributed by atoms with Crippen molar-refractivity contribution < 1.29 is 19.4 Å². The van der Waals surface area contributed by atoms with Crippen molar-refractivity contribution >= 4 is 28.5 Å². The van der Waals surface area contributed by atoms with Gasteiger partial charge < -0.3 is 15.2 Å². The monoisotopic (exact) mass is 272 g/mol. The van der Waals surface area contributed by atoms with Gasteiger partial charge in [0.2, 0.25) is 5.91 Å². The van der Waals surface area contributed by atoms with E-state index in [-0.39, 0.29) is 0 Å². The fourth-order valence-electron chi connectivity index (χ4n) is 1.70. The lowest BCUT2D eigenvalue weighted by Crippen LogP contribution is -2.09. The van der Waals surface area contributed by atoms with E-state index in [0.717, 1.165) is 17.5 Å². The number of fused-ring (bicyclic) bond motifs is 1. The quantitative estimate of drug-likeness (QED) is 0.829. The van der Waals surface area contributed by atoms with Gasteiger partial charge in [-0.05, 0) is 12.1 Å². The molecule has 0 bridgehead atoms. The molecule has 0 radical (unpaired) electrons. The molecule has 0 aliphatic heterocycles. The lowest BCUT2D eigenvalue weighted by molar-refractivity contribution is -0.131. The summed E-state index contributed by atoms with van der Waals surface area (Å²) in [5.41, 5.74) is 1.06. The zero-order valence-electron chi connectivity index (χ0n) is 10.7. The van der Waals surface area contributed by atoms with Crippen molar-refractivity contribution in [2.75, 3.05) is 12.4 Å². The van der Waals surface area contributed by atoms with Crippen LogP contribution in [-0.4, -0.2) is 29.1 Å². The molecule has 20 heavy (non-hydrogen) atoms. The third-order valence-electron chi connectivity index (χ3n) is 2.55. The summed E-state index contributed by atoms with van der Waals surface area (Å²) in [7, 11) is 1.52. The molecule has 0 saturated carbocycles. The van der Waals surface area contributed by atoms with Crippen molar-refractivity contribution in [2.45, 2.75) is 0 Å². The summed E-state index contributed by atoms with van der Waals surface area (Å²) < 4.78 is 5.15. The number of carbonyl (C=O) groups is 2. The normalized spacial score (nSPS) is 10.7. The number of carboxylic acid groups (broad SMARTS) is 1. The molecule has 0 fully saturated rings. The van der Waals surface area contributed by atoms with E-state index in [4.69, 9.17) is 9.84 Å². The highest BCUT2D eigenvalue weighted by atomic mass is 16.5. The highest BCUT2D eigenvalue weighted by Gasteiger charge is 2.07. The lowest BCUT2D eigenvalue weighted by atomic mass is 10.1. The number of aliphatic carboxylic acids is 1. The Kier molecular flexibility index (Phi) is 3.95. The zero-order valence-corrected chi connectivity index (χ0v) is 10.7. The van der Waals surface area contributed by atoms with Crippen LogP contribution in [0, 0.1) is 0 Å². The number of methoxy groups -OCH3 is 1. The summed E-state index contributed by atoms with van der Waals surface area (Å²) in [6.45, 7) is 0. The van der Waals surface area contributed by atoms with E-state index in [0.29, 0.717) is 17.0 Å². The highest BCUT2D eigenvalue weighted by Crippen LogP contribution is 2.27. The molecule has 2 N–H and O–H groups in total. The van der Waals surface area contributed by atoms with Gasteiger partial charge in [-0.25, -0.2) is 4.79 Å². The van der Waals surface area contributed by atoms with Crippen LogP contribution in [0.15, 0.2) is 42.6 Å². The standard InChI is InChI=1S/C14H12N2O4/c1-20-10-7-9-3-2-6-15-14(9)11(8-10)16-12(17)4-5-13(18)19/h2-8H,1H3,(H,16,17)(H,18,19). The predicted octanol–water partition coefficient (Wildman–Crippen LogP) is 1.82. The second-order valence-electron chi connectivity index (χ2n) is 3.91. The van der Waals surface area contributed by atoms with Crippen LogP contribution in [0.25, 0.3) is 10.9 Å². The average molecular weight is 272 g/mol. The Morgan fingerprint density at radius 1 is 1.35 bits per heavy atom. The maximum Gasteiger partial charge on any atom is 0.328 e. The topological polar surface area (TPSA) is 88.5 Å². The number of amides is 1. The van der Waals surface area contributed by atoms with Gasteiger partial charge in [-0.1, -0.05) is 6.07 Å². The molecule has 0 saturated heterocycles. The molecule has 2 rings (SSSR count). The molecule has 1 heterocycles. The second-order valence-corrected chi connectivity index (χ2v) is 3.91. The number of nitrogens with one attached hydrogen (secondary N) is 1. The summed E-state index contributed by atoms with van der Waals surface area (Å²) >= 11 is 0. The van der Waals surface area contributed by atoms with Gasteiger partial charge >= 0.3 is 5.97 Å². The first-order valence-corrected chi connectivity index (χ1v) is 5.75. The third-order valence-corrected chi connectivity index (χ3v) is 2.55. The van der Waals surface area contributed by atoms with E-state index in [1.54, 1.807) is 24.4 Å². The first-order chi connectivity index (χ1) is 9.60. The highest BCUT2D eigenvalue weighted by molar-refractivity contribution is 6.06. The number of aromatic nitrogens is 1. The smallest absolute Gasteiger partial charge is 0.328 e. The Balaban J connectivity index is 2.37. The number of benzene rings is 1. The average Bonchev–Trinajstić information content (AvgIpc) is 2.45. The van der Waals surface area contributed by atoms with Crippen LogP contribution in [0.5, 0.6) is 5.75 Å². The van der Waals surface area contributed by atoms with Gasteiger partial charge in [-0.3, -0.25) is 9.78 Å². The Bertz CT molecular complexity index is 695. The van der Waals surface area contributed by atoms with Gasteiger partial charge in [0.15, 0.2) is 0 Å². The summed E-state index contributed by atoms with van der Waals surface area (Å²) in [6.07, 6.45) is 3.32. The fourth-order valence-corrected chi connectivity index (χ4v) is 1.70. The number of pyridine rings is 1. The number of carbonyl (C=O) groups excluding carboxylic acids is 1. The van der Waals surface area contributed by atoms with Crippen LogP contribution >= 0.6 is 0 Å². The Hall–Kier alpha value is -2.89. The molecule has 0 spiro atoms. The minimum atomic E-state index is -1.19. The molecule has 0 aliphatic rings. The minimum Gasteiger partial charge on any atom is -0.497 e. The van der Waals surface area contributed by atoms with Crippen LogP contribution in [0.4, 0.5) is 5.69 Å². The molecule has 1 aromatic carbocycles. The second kappa shape index (κ2) is 5.83. The van der Waals surface area contributed by atoms with Gasteiger partial charge in [0, 0.05) is 29.8 Å². The van der Waals surface area contributed by atoms with Crippen LogP contribution < -0.4 is 10.1 Å². The van der Waals surface area contributed by atoms with Gasteiger partial charge in [0.25, 0.3) is 0 Å². The van der Waals surface area contributed by atoms with Gasteiger partial charge in [0.1, 0.15) is 5.75 Å². The molecular weight excluding hydrogens is 260 g/mol. The van der Waals surface area contributed by atoms with Gasteiger partial charge in [0.05, 0.1) is 18.3 Å². The van der Waals surface area contributed by atoms with Crippen LogP contribution in [0.3, 0.4) is 0 Å². The van der Waals surface area contributed by atoms with Crippen LogP contribution in [0.1, 0.15) is 0 Å². The number of hydrogen-bond donors (Lipinski definition) is 2. The van der Waals surface area contributed by atoms with Crippen molar-refractivity contribution in [3.63, 3.8) is 0 Å². The van der Waals surface area contributed by atoms with Crippen LogP contribution in [-0.2, 0) is 9.59 Å².